The molecule has 0 saturated carbocycles. The molecule has 0 spiro atoms. The van der Waals surface area contributed by atoms with Gasteiger partial charge < -0.3 is 19.8 Å². The van der Waals surface area contributed by atoms with Crippen LogP contribution in [0, 0.1) is 5.92 Å². The highest BCUT2D eigenvalue weighted by molar-refractivity contribution is 6.02. The van der Waals surface area contributed by atoms with E-state index in [9.17, 15) is 22.8 Å². The minimum atomic E-state index is -4.71. The summed E-state index contributed by atoms with van der Waals surface area (Å²) in [5.41, 5.74) is -1.49. The number of carbonyl (C=O) groups is 2. The second kappa shape index (κ2) is 7.20. The third-order valence-corrected chi connectivity index (χ3v) is 3.89. The molecule has 26 heavy (non-hydrogen) atoms. The Morgan fingerprint density at radius 1 is 1.15 bits per heavy atom. The van der Waals surface area contributed by atoms with Gasteiger partial charge in [0.05, 0.1) is 30.0 Å². The van der Waals surface area contributed by atoms with Crippen LogP contribution in [0.3, 0.4) is 0 Å². The van der Waals surface area contributed by atoms with E-state index in [2.05, 4.69) is 10.6 Å². The fourth-order valence-electron chi connectivity index (χ4n) is 2.54. The lowest BCUT2D eigenvalue weighted by molar-refractivity contribution is -0.137. The molecule has 1 fully saturated rings. The topological polar surface area (TPSA) is 80.6 Å². The van der Waals surface area contributed by atoms with Gasteiger partial charge in [-0.25, -0.2) is 0 Å². The summed E-state index contributed by atoms with van der Waals surface area (Å²) in [6.45, 7) is 0.590. The largest absolute Gasteiger partial charge is 0.459 e. The molecule has 2 N–H and O–H groups in total. The summed E-state index contributed by atoms with van der Waals surface area (Å²) >= 11 is 0. The van der Waals surface area contributed by atoms with Crippen LogP contribution in [0.5, 0.6) is 0 Å². The maximum Gasteiger partial charge on any atom is 0.418 e. The molecule has 1 aliphatic rings. The molecule has 2 aromatic rings. The van der Waals surface area contributed by atoms with E-state index in [0.29, 0.717) is 13.0 Å². The van der Waals surface area contributed by atoms with E-state index in [-0.39, 0.29) is 23.7 Å². The van der Waals surface area contributed by atoms with Crippen LogP contribution in [0.2, 0.25) is 0 Å². The number of nitrogens with one attached hydrogen (secondary N) is 2. The molecule has 1 atom stereocenters. The van der Waals surface area contributed by atoms with Crippen molar-refractivity contribution >= 4 is 23.2 Å². The average Bonchev–Trinajstić information content (AvgIpc) is 3.29. The van der Waals surface area contributed by atoms with Crippen molar-refractivity contribution in [1.82, 2.24) is 0 Å². The first-order valence-electron chi connectivity index (χ1n) is 7.79. The number of rotatable bonds is 4. The van der Waals surface area contributed by atoms with Gasteiger partial charge >= 0.3 is 6.18 Å². The Bertz CT molecular complexity index is 797. The zero-order chi connectivity index (χ0) is 18.7. The lowest BCUT2D eigenvalue weighted by atomic mass is 10.1. The van der Waals surface area contributed by atoms with Crippen LogP contribution in [-0.2, 0) is 15.7 Å². The maximum atomic E-state index is 13.4. The van der Waals surface area contributed by atoms with Crippen molar-refractivity contribution in [2.24, 2.45) is 5.92 Å². The summed E-state index contributed by atoms with van der Waals surface area (Å²) < 4.78 is 50.0. The van der Waals surface area contributed by atoms with Crippen molar-refractivity contribution in [2.45, 2.75) is 12.6 Å². The van der Waals surface area contributed by atoms with E-state index in [1.165, 1.54) is 24.5 Å². The Hall–Kier alpha value is -2.81. The molecule has 9 heteroatoms. The van der Waals surface area contributed by atoms with Gasteiger partial charge in [-0.1, -0.05) is 0 Å². The number of furan rings is 1. The molecule has 2 amide bonds. The molecule has 0 radical (unpaired) electrons. The maximum absolute atomic E-state index is 13.4. The predicted octanol–water partition coefficient (Wildman–Crippen LogP) is 3.53. The first kappa shape index (κ1) is 18.0. The van der Waals surface area contributed by atoms with Crippen LogP contribution >= 0.6 is 0 Å². The van der Waals surface area contributed by atoms with Crippen LogP contribution in [0.25, 0.3) is 0 Å². The summed E-state index contributed by atoms with van der Waals surface area (Å²) in [5, 5.41) is 4.62. The van der Waals surface area contributed by atoms with Gasteiger partial charge in [0.2, 0.25) is 5.91 Å². The second-order valence-corrected chi connectivity index (χ2v) is 5.74. The highest BCUT2D eigenvalue weighted by atomic mass is 19.4. The number of alkyl halides is 3. The van der Waals surface area contributed by atoms with Crippen molar-refractivity contribution in [1.29, 1.82) is 0 Å². The van der Waals surface area contributed by atoms with Crippen molar-refractivity contribution in [3.8, 4) is 0 Å². The summed E-state index contributed by atoms with van der Waals surface area (Å²) in [6.07, 6.45) is -2.97. The van der Waals surface area contributed by atoms with Gasteiger partial charge in [0.15, 0.2) is 5.76 Å². The molecule has 1 aromatic carbocycles. The highest BCUT2D eigenvalue weighted by Gasteiger charge is 2.35. The van der Waals surface area contributed by atoms with Gasteiger partial charge in [-0.15, -0.1) is 0 Å². The molecule has 1 aromatic heterocycles. The number of amides is 2. The Kier molecular flexibility index (Phi) is 4.99. The standard InChI is InChI=1S/C17H15F3N2O4/c18-17(19,20)12-8-11(21-16(24)14-2-1-6-26-14)3-4-13(12)22-15(23)10-5-7-25-9-10/h1-4,6,8,10H,5,7,9H2,(H,21,24)(H,22,23). The molecule has 6 nitrogen and oxygen atoms in total. The molecule has 1 unspecified atom stereocenters. The molecule has 1 aliphatic heterocycles. The zero-order valence-electron chi connectivity index (χ0n) is 13.4. The number of hydrogen-bond donors (Lipinski definition) is 2. The minimum absolute atomic E-state index is 0.0304. The number of anilines is 2. The summed E-state index contributed by atoms with van der Waals surface area (Å²) in [7, 11) is 0. The van der Waals surface area contributed by atoms with Gasteiger partial charge in [0.25, 0.3) is 5.91 Å². The summed E-state index contributed by atoms with van der Waals surface area (Å²) in [4.78, 5) is 24.0. The Morgan fingerprint density at radius 2 is 1.96 bits per heavy atom. The van der Waals surface area contributed by atoms with Crippen molar-refractivity contribution < 1.29 is 31.9 Å². The zero-order valence-corrected chi connectivity index (χ0v) is 13.4. The molecular weight excluding hydrogens is 353 g/mol. The Morgan fingerprint density at radius 3 is 2.58 bits per heavy atom. The van der Waals surface area contributed by atoms with Gasteiger partial charge in [0, 0.05) is 12.3 Å². The van der Waals surface area contributed by atoms with Gasteiger partial charge in [-0.2, -0.15) is 13.2 Å². The highest BCUT2D eigenvalue weighted by Crippen LogP contribution is 2.37. The molecule has 2 heterocycles. The lowest BCUT2D eigenvalue weighted by Crippen LogP contribution is -2.24. The van der Waals surface area contributed by atoms with Gasteiger partial charge in [-0.05, 0) is 36.8 Å². The summed E-state index contributed by atoms with van der Waals surface area (Å²) in [6, 6.07) is 6.02. The smallest absolute Gasteiger partial charge is 0.418 e. The van der Waals surface area contributed by atoms with E-state index in [1.54, 1.807) is 0 Å². The van der Waals surface area contributed by atoms with Gasteiger partial charge in [-0.3, -0.25) is 9.59 Å². The molecule has 0 aliphatic carbocycles. The Labute approximate surface area is 146 Å². The Balaban J connectivity index is 1.81. The number of benzene rings is 1. The molecule has 1 saturated heterocycles. The van der Waals surface area contributed by atoms with E-state index in [4.69, 9.17) is 9.15 Å². The molecule has 138 valence electrons. The number of ether oxygens (including phenoxy) is 1. The van der Waals surface area contributed by atoms with E-state index < -0.39 is 29.5 Å². The molecular formula is C17H15F3N2O4. The number of hydrogen-bond acceptors (Lipinski definition) is 4. The fourth-order valence-corrected chi connectivity index (χ4v) is 2.54. The predicted molar refractivity (Wildman–Crippen MR) is 85.7 cm³/mol. The third-order valence-electron chi connectivity index (χ3n) is 3.89. The lowest BCUT2D eigenvalue weighted by Gasteiger charge is -2.17. The second-order valence-electron chi connectivity index (χ2n) is 5.74. The first-order chi connectivity index (χ1) is 12.3. The average molecular weight is 368 g/mol. The molecule has 3 rings (SSSR count). The van der Waals surface area contributed by atoms with Crippen LogP contribution in [-0.4, -0.2) is 25.0 Å². The van der Waals surface area contributed by atoms with Crippen molar-refractivity contribution in [3.05, 3.63) is 47.9 Å². The molecule has 0 bridgehead atoms. The van der Waals surface area contributed by atoms with Crippen LogP contribution < -0.4 is 10.6 Å². The van der Waals surface area contributed by atoms with Crippen LogP contribution in [0.1, 0.15) is 22.5 Å². The quantitative estimate of drug-likeness (QED) is 0.865. The minimum Gasteiger partial charge on any atom is -0.459 e. The monoisotopic (exact) mass is 368 g/mol. The number of carbonyl (C=O) groups excluding carboxylic acids is 2. The van der Waals surface area contributed by atoms with Crippen molar-refractivity contribution in [2.75, 3.05) is 23.8 Å². The normalized spacial score (nSPS) is 17.1. The SMILES string of the molecule is O=C(Nc1ccc(NC(=O)C2CCOC2)c(C(F)(F)F)c1)c1ccco1. The van der Waals surface area contributed by atoms with E-state index in [0.717, 1.165) is 12.1 Å². The fraction of sp³-hybridized carbons (Fsp3) is 0.294. The third kappa shape index (κ3) is 4.05. The van der Waals surface area contributed by atoms with Crippen LogP contribution in [0.4, 0.5) is 24.5 Å². The van der Waals surface area contributed by atoms with E-state index >= 15 is 0 Å². The van der Waals surface area contributed by atoms with Gasteiger partial charge in [0.1, 0.15) is 0 Å². The number of halogens is 3. The van der Waals surface area contributed by atoms with Crippen molar-refractivity contribution in [3.63, 3.8) is 0 Å². The van der Waals surface area contributed by atoms with Crippen LogP contribution in [0.15, 0.2) is 41.0 Å². The van der Waals surface area contributed by atoms with E-state index in [1.807, 2.05) is 0 Å². The first-order valence-corrected chi connectivity index (χ1v) is 7.79. The summed E-state index contributed by atoms with van der Waals surface area (Å²) in [5.74, 6) is -1.71.